The molecule has 124 valence electrons. The number of aliphatic hydroxyl groups excluding tert-OH is 1. The number of aromatic amines is 1. The number of H-pyrrole nitrogens is 1. The molecule has 0 atom stereocenters. The first kappa shape index (κ1) is 16.1. The van der Waals surface area contributed by atoms with Crippen molar-refractivity contribution in [1.82, 2.24) is 25.4 Å². The maximum Gasteiger partial charge on any atom is 0.0710 e. The number of hydrogen-bond donors (Lipinski definition) is 3. The molecule has 2 aromatic rings. The van der Waals surface area contributed by atoms with E-state index >= 15 is 0 Å². The van der Waals surface area contributed by atoms with Crippen LogP contribution in [0.4, 0.5) is 0 Å². The molecule has 2 aromatic heterocycles. The smallest absolute Gasteiger partial charge is 0.0710 e. The van der Waals surface area contributed by atoms with Gasteiger partial charge in [0, 0.05) is 43.2 Å². The summed E-state index contributed by atoms with van der Waals surface area (Å²) in [6.45, 7) is 4.93. The highest BCUT2D eigenvalue weighted by molar-refractivity contribution is 5.61. The van der Waals surface area contributed by atoms with Crippen molar-refractivity contribution in [2.45, 2.75) is 31.9 Å². The molecule has 1 saturated heterocycles. The van der Waals surface area contributed by atoms with Crippen molar-refractivity contribution >= 4 is 0 Å². The van der Waals surface area contributed by atoms with Crippen LogP contribution < -0.4 is 5.32 Å². The van der Waals surface area contributed by atoms with Gasteiger partial charge in [0.25, 0.3) is 0 Å². The van der Waals surface area contributed by atoms with Gasteiger partial charge in [0.1, 0.15) is 0 Å². The van der Waals surface area contributed by atoms with Crippen molar-refractivity contribution in [3.05, 3.63) is 36.3 Å². The summed E-state index contributed by atoms with van der Waals surface area (Å²) in [5.41, 5.74) is 3.27. The van der Waals surface area contributed by atoms with E-state index in [0.29, 0.717) is 0 Å². The van der Waals surface area contributed by atoms with Gasteiger partial charge < -0.3 is 15.3 Å². The number of hydrogen-bond acceptors (Lipinski definition) is 5. The molecule has 6 heteroatoms. The monoisotopic (exact) mass is 315 g/mol. The maximum atomic E-state index is 9.51. The van der Waals surface area contributed by atoms with Crippen molar-refractivity contribution in [3.63, 3.8) is 0 Å². The van der Waals surface area contributed by atoms with Crippen LogP contribution in [-0.2, 0) is 6.54 Å². The van der Waals surface area contributed by atoms with E-state index in [1.165, 1.54) is 5.56 Å². The van der Waals surface area contributed by atoms with E-state index < -0.39 is 0 Å². The fraction of sp³-hybridized carbons (Fsp3) is 0.529. The van der Waals surface area contributed by atoms with Crippen molar-refractivity contribution in [2.24, 2.45) is 0 Å². The van der Waals surface area contributed by atoms with Crippen LogP contribution in [0.2, 0.25) is 0 Å². The van der Waals surface area contributed by atoms with Crippen LogP contribution in [0.3, 0.4) is 0 Å². The fourth-order valence-electron chi connectivity index (χ4n) is 3.00. The van der Waals surface area contributed by atoms with E-state index in [9.17, 15) is 5.11 Å². The van der Waals surface area contributed by atoms with E-state index in [0.717, 1.165) is 63.2 Å². The molecular weight excluding hydrogens is 290 g/mol. The number of pyridine rings is 1. The molecule has 0 bridgehead atoms. The third-order valence-electron chi connectivity index (χ3n) is 4.37. The molecule has 0 saturated carbocycles. The summed E-state index contributed by atoms with van der Waals surface area (Å²) in [5, 5.41) is 20.2. The third-order valence-corrected chi connectivity index (χ3v) is 4.37. The van der Waals surface area contributed by atoms with Gasteiger partial charge >= 0.3 is 0 Å². The summed E-state index contributed by atoms with van der Waals surface area (Å²) in [6.07, 6.45) is 8.36. The molecule has 0 aliphatic carbocycles. The highest BCUT2D eigenvalue weighted by atomic mass is 16.3. The average molecular weight is 315 g/mol. The predicted octanol–water partition coefficient (Wildman–Crippen LogP) is 1.41. The van der Waals surface area contributed by atoms with Gasteiger partial charge in [0.2, 0.25) is 0 Å². The molecule has 0 spiro atoms. The van der Waals surface area contributed by atoms with Crippen LogP contribution >= 0.6 is 0 Å². The Balaban J connectivity index is 1.39. The minimum Gasteiger partial charge on any atom is -0.393 e. The highest BCUT2D eigenvalue weighted by Crippen LogP contribution is 2.19. The minimum atomic E-state index is -0.0867. The number of likely N-dealkylation sites (tertiary alicyclic amines) is 1. The van der Waals surface area contributed by atoms with E-state index in [2.05, 4.69) is 25.4 Å². The van der Waals surface area contributed by atoms with E-state index in [4.69, 9.17) is 0 Å². The molecule has 0 radical (unpaired) electrons. The van der Waals surface area contributed by atoms with Crippen LogP contribution in [0.15, 0.2) is 30.7 Å². The standard InChI is InChI=1S/C17H25N5O/c23-16-4-9-22(10-5-16)8-2-7-19-12-15-13-20-21-17(15)14-3-1-6-18-11-14/h1,3,6,11,13,16,19,23H,2,4-5,7-10,12H2,(H,20,21). The second kappa shape index (κ2) is 8.19. The normalized spacial score (nSPS) is 16.7. The first-order valence-corrected chi connectivity index (χ1v) is 8.36. The number of nitrogens with zero attached hydrogens (tertiary/aromatic N) is 3. The van der Waals surface area contributed by atoms with Crippen LogP contribution in [0.1, 0.15) is 24.8 Å². The molecule has 1 aliphatic rings. The Kier molecular flexibility index (Phi) is 5.74. The Morgan fingerprint density at radius 1 is 1.30 bits per heavy atom. The zero-order valence-electron chi connectivity index (χ0n) is 13.4. The molecular formula is C17H25N5O. The zero-order chi connectivity index (χ0) is 15.9. The van der Waals surface area contributed by atoms with Crippen molar-refractivity contribution in [3.8, 4) is 11.3 Å². The van der Waals surface area contributed by atoms with Gasteiger partial charge in [-0.2, -0.15) is 5.10 Å². The second-order valence-corrected chi connectivity index (χ2v) is 6.12. The molecule has 0 aromatic carbocycles. The molecule has 1 fully saturated rings. The summed E-state index contributed by atoms with van der Waals surface area (Å²) in [5.74, 6) is 0. The van der Waals surface area contributed by atoms with Crippen molar-refractivity contribution in [2.75, 3.05) is 26.2 Å². The van der Waals surface area contributed by atoms with Crippen molar-refractivity contribution in [1.29, 1.82) is 0 Å². The highest BCUT2D eigenvalue weighted by Gasteiger charge is 2.16. The molecule has 3 N–H and O–H groups in total. The first-order chi connectivity index (χ1) is 11.3. The first-order valence-electron chi connectivity index (χ1n) is 8.36. The van der Waals surface area contributed by atoms with E-state index in [1.54, 1.807) is 6.20 Å². The minimum absolute atomic E-state index is 0.0867. The van der Waals surface area contributed by atoms with Gasteiger partial charge in [-0.25, -0.2) is 0 Å². The van der Waals surface area contributed by atoms with Crippen molar-refractivity contribution < 1.29 is 5.11 Å². The molecule has 1 aliphatic heterocycles. The van der Waals surface area contributed by atoms with E-state index in [-0.39, 0.29) is 6.10 Å². The number of nitrogens with one attached hydrogen (secondary N) is 2. The summed E-state index contributed by atoms with van der Waals surface area (Å²) in [6, 6.07) is 3.97. The lowest BCUT2D eigenvalue weighted by Gasteiger charge is -2.29. The van der Waals surface area contributed by atoms with Crippen LogP contribution in [0.5, 0.6) is 0 Å². The summed E-state index contributed by atoms with van der Waals surface area (Å²) in [4.78, 5) is 6.59. The Morgan fingerprint density at radius 3 is 2.96 bits per heavy atom. The van der Waals surface area contributed by atoms with Gasteiger partial charge in [-0.1, -0.05) is 0 Å². The van der Waals surface area contributed by atoms with Gasteiger partial charge in [-0.3, -0.25) is 10.1 Å². The van der Waals surface area contributed by atoms with Crippen LogP contribution in [0, 0.1) is 0 Å². The Morgan fingerprint density at radius 2 is 2.17 bits per heavy atom. The molecule has 3 heterocycles. The summed E-state index contributed by atoms with van der Waals surface area (Å²) >= 11 is 0. The molecule has 3 rings (SSSR count). The topological polar surface area (TPSA) is 77.1 Å². The maximum absolute atomic E-state index is 9.51. The lowest BCUT2D eigenvalue weighted by molar-refractivity contribution is 0.0821. The van der Waals surface area contributed by atoms with Crippen LogP contribution in [-0.4, -0.2) is 57.5 Å². The van der Waals surface area contributed by atoms with Crippen LogP contribution in [0.25, 0.3) is 11.3 Å². The fourth-order valence-corrected chi connectivity index (χ4v) is 3.00. The molecule has 23 heavy (non-hydrogen) atoms. The molecule has 0 unspecified atom stereocenters. The number of piperidine rings is 1. The average Bonchev–Trinajstić information content (AvgIpc) is 3.05. The SMILES string of the molecule is OC1CCN(CCCNCc2cn[nH]c2-c2cccnc2)CC1. The lowest BCUT2D eigenvalue weighted by Crippen LogP contribution is -2.37. The number of aromatic nitrogens is 3. The largest absolute Gasteiger partial charge is 0.393 e. The predicted molar refractivity (Wildman–Crippen MR) is 89.8 cm³/mol. The third kappa shape index (κ3) is 4.60. The Labute approximate surface area is 136 Å². The van der Waals surface area contributed by atoms with Gasteiger partial charge in [0.05, 0.1) is 18.0 Å². The van der Waals surface area contributed by atoms with Gasteiger partial charge in [0.15, 0.2) is 0 Å². The summed E-state index contributed by atoms with van der Waals surface area (Å²) < 4.78 is 0. The number of rotatable bonds is 7. The Bertz CT molecular complexity index is 578. The molecule has 0 amide bonds. The summed E-state index contributed by atoms with van der Waals surface area (Å²) in [7, 11) is 0. The van der Waals surface area contributed by atoms with Gasteiger partial charge in [-0.15, -0.1) is 0 Å². The molecule has 6 nitrogen and oxygen atoms in total. The number of aliphatic hydroxyl groups is 1. The quantitative estimate of drug-likeness (QED) is 0.674. The van der Waals surface area contributed by atoms with Gasteiger partial charge in [-0.05, 0) is 44.5 Å². The van der Waals surface area contributed by atoms with E-state index in [1.807, 2.05) is 24.5 Å². The lowest BCUT2D eigenvalue weighted by atomic mass is 10.1. The Hall–Kier alpha value is -1.76. The zero-order valence-corrected chi connectivity index (χ0v) is 13.4. The second-order valence-electron chi connectivity index (χ2n) is 6.12.